The molecule has 1 N–H and O–H groups in total. The van der Waals surface area contributed by atoms with Gasteiger partial charge in [0.05, 0.1) is 30.7 Å². The minimum atomic E-state index is -0.706. The van der Waals surface area contributed by atoms with E-state index in [1.807, 2.05) is 32.9 Å². The minimum absolute atomic E-state index is 0.0962. The Hall–Kier alpha value is -2.64. The van der Waals surface area contributed by atoms with Crippen molar-refractivity contribution < 1.29 is 19.1 Å². The van der Waals surface area contributed by atoms with Crippen molar-refractivity contribution in [3.63, 3.8) is 0 Å². The van der Waals surface area contributed by atoms with Crippen LogP contribution < -0.4 is 10.1 Å². The molecule has 0 unspecified atom stereocenters. The third kappa shape index (κ3) is 6.01. The van der Waals surface area contributed by atoms with E-state index in [1.165, 1.54) is 13.3 Å². The van der Waals surface area contributed by atoms with Crippen LogP contribution in [0.4, 0.5) is 5.69 Å². The molecule has 0 spiro atoms. The summed E-state index contributed by atoms with van der Waals surface area (Å²) in [5.74, 6) is 0.477. The first-order valence-electron chi connectivity index (χ1n) is 12.5. The molecule has 1 aromatic carbocycles. The van der Waals surface area contributed by atoms with Gasteiger partial charge in [0.1, 0.15) is 16.6 Å². The summed E-state index contributed by atoms with van der Waals surface area (Å²) in [5, 5.41) is 3.35. The van der Waals surface area contributed by atoms with E-state index in [2.05, 4.69) is 41.2 Å². The van der Waals surface area contributed by atoms with E-state index in [1.54, 1.807) is 6.07 Å². The second-order valence-corrected chi connectivity index (χ2v) is 10.8. The van der Waals surface area contributed by atoms with Crippen LogP contribution in [0.5, 0.6) is 5.75 Å². The molecule has 1 fully saturated rings. The van der Waals surface area contributed by atoms with Gasteiger partial charge in [0, 0.05) is 19.2 Å². The summed E-state index contributed by atoms with van der Waals surface area (Å²) >= 11 is 6.01. The Kier molecular flexibility index (Phi) is 9.01. The molecular weight excluding hydrogens is 478 g/mol. The molecule has 36 heavy (non-hydrogen) atoms. The third-order valence-electron chi connectivity index (χ3n) is 6.92. The number of nitrogens with one attached hydrogen (secondary N) is 1. The van der Waals surface area contributed by atoms with E-state index in [9.17, 15) is 9.59 Å². The lowest BCUT2D eigenvalue weighted by Gasteiger charge is -2.50. The number of amides is 1. The number of carbonyl (C=O) groups excluding carboxylic acids is 2. The molecular formula is C28H38ClN3O4. The van der Waals surface area contributed by atoms with E-state index in [0.29, 0.717) is 36.3 Å². The number of pyridine rings is 1. The molecule has 1 saturated heterocycles. The van der Waals surface area contributed by atoms with Gasteiger partial charge in [0.25, 0.3) is 0 Å². The molecule has 0 atom stereocenters. The second kappa shape index (κ2) is 11.6. The van der Waals surface area contributed by atoms with Crippen molar-refractivity contribution in [2.75, 3.05) is 38.7 Å². The molecule has 2 aromatic rings. The topological polar surface area (TPSA) is 80.8 Å². The largest absolute Gasteiger partial charge is 0.494 e. The number of hydrogen-bond donors (Lipinski definition) is 1. The second-order valence-electron chi connectivity index (χ2n) is 10.4. The summed E-state index contributed by atoms with van der Waals surface area (Å²) in [7, 11) is 1.54. The summed E-state index contributed by atoms with van der Waals surface area (Å²) < 4.78 is 10.6. The fourth-order valence-corrected chi connectivity index (χ4v) is 4.99. The lowest BCUT2D eigenvalue weighted by atomic mass is 9.69. The predicted octanol–water partition coefficient (Wildman–Crippen LogP) is 5.43. The van der Waals surface area contributed by atoms with E-state index >= 15 is 0 Å². The summed E-state index contributed by atoms with van der Waals surface area (Å²) in [4.78, 5) is 32.5. The van der Waals surface area contributed by atoms with E-state index in [-0.39, 0.29) is 17.8 Å². The number of likely N-dealkylation sites (tertiary alicyclic amines) is 1. The number of ether oxygens (including phenoxy) is 2. The number of benzene rings is 1. The maximum Gasteiger partial charge on any atom is 0.311 e. The van der Waals surface area contributed by atoms with Gasteiger partial charge in [-0.05, 0) is 57.2 Å². The van der Waals surface area contributed by atoms with Gasteiger partial charge in [-0.1, -0.05) is 49.7 Å². The highest BCUT2D eigenvalue weighted by Crippen LogP contribution is 2.41. The summed E-state index contributed by atoms with van der Waals surface area (Å²) in [5.41, 5.74) is 1.46. The zero-order valence-corrected chi connectivity index (χ0v) is 22.9. The maximum absolute atomic E-state index is 13.9. The number of anilines is 1. The number of nitrogens with zero attached hydrogens (tertiary/aromatic N) is 2. The molecule has 1 aromatic heterocycles. The van der Waals surface area contributed by atoms with Crippen molar-refractivity contribution in [1.82, 2.24) is 9.88 Å². The van der Waals surface area contributed by atoms with Gasteiger partial charge < -0.3 is 19.7 Å². The Bertz CT molecular complexity index is 1080. The van der Waals surface area contributed by atoms with Crippen LogP contribution in [-0.2, 0) is 19.7 Å². The molecule has 196 valence electrons. The van der Waals surface area contributed by atoms with Crippen LogP contribution in [0.15, 0.2) is 36.5 Å². The molecule has 2 heterocycles. The summed E-state index contributed by atoms with van der Waals surface area (Å²) in [6, 6.07) is 9.76. The minimum Gasteiger partial charge on any atom is -0.494 e. The highest BCUT2D eigenvalue weighted by molar-refractivity contribution is 6.29. The number of aromatic nitrogens is 1. The fourth-order valence-electron chi connectivity index (χ4n) is 4.84. The van der Waals surface area contributed by atoms with Crippen molar-refractivity contribution in [2.24, 2.45) is 5.41 Å². The number of hydrogen-bond acceptors (Lipinski definition) is 6. The average Bonchev–Trinajstić information content (AvgIpc) is 2.81. The highest BCUT2D eigenvalue weighted by atomic mass is 35.5. The Morgan fingerprint density at radius 2 is 1.94 bits per heavy atom. The third-order valence-corrected chi connectivity index (χ3v) is 7.13. The molecule has 0 saturated carbocycles. The van der Waals surface area contributed by atoms with Gasteiger partial charge in [0.2, 0.25) is 5.91 Å². The normalized spacial score (nSPS) is 15.3. The summed E-state index contributed by atoms with van der Waals surface area (Å²) in [6.07, 6.45) is 3.08. The number of carbonyl (C=O) groups is 2. The van der Waals surface area contributed by atoms with Crippen molar-refractivity contribution in [3.8, 4) is 5.75 Å². The van der Waals surface area contributed by atoms with Gasteiger partial charge in [-0.25, -0.2) is 4.98 Å². The highest BCUT2D eigenvalue weighted by Gasteiger charge is 2.51. The van der Waals surface area contributed by atoms with E-state index < -0.39 is 10.8 Å². The SMILES string of the molecule is CCOC(=O)C(C)(C)CCCN1CC(C(=O)Nc2cnc(Cl)cc2OC)(c2ccccc2C(C)C)C1. The lowest BCUT2D eigenvalue weighted by molar-refractivity contribution is -0.153. The quantitative estimate of drug-likeness (QED) is 0.317. The summed E-state index contributed by atoms with van der Waals surface area (Å²) in [6.45, 7) is 12.3. The van der Waals surface area contributed by atoms with Crippen LogP contribution in [0.2, 0.25) is 5.15 Å². The number of methoxy groups -OCH3 is 1. The fraction of sp³-hybridized carbons (Fsp3) is 0.536. The van der Waals surface area contributed by atoms with Crippen molar-refractivity contribution in [1.29, 1.82) is 0 Å². The van der Waals surface area contributed by atoms with Gasteiger partial charge in [-0.15, -0.1) is 0 Å². The number of halogens is 1. The van der Waals surface area contributed by atoms with E-state index in [0.717, 1.165) is 30.5 Å². The monoisotopic (exact) mass is 515 g/mol. The van der Waals surface area contributed by atoms with Crippen LogP contribution in [-0.4, -0.2) is 55.1 Å². The van der Waals surface area contributed by atoms with Crippen molar-refractivity contribution >= 4 is 29.2 Å². The first-order valence-corrected chi connectivity index (χ1v) is 12.9. The molecule has 1 amide bonds. The van der Waals surface area contributed by atoms with Crippen LogP contribution >= 0.6 is 11.6 Å². The molecule has 0 radical (unpaired) electrons. The molecule has 1 aliphatic heterocycles. The zero-order chi connectivity index (χ0) is 26.5. The van der Waals surface area contributed by atoms with Gasteiger partial charge in [-0.2, -0.15) is 0 Å². The van der Waals surface area contributed by atoms with Crippen LogP contribution in [0, 0.1) is 5.41 Å². The molecule has 0 aliphatic carbocycles. The van der Waals surface area contributed by atoms with E-state index in [4.69, 9.17) is 21.1 Å². The van der Waals surface area contributed by atoms with Gasteiger partial charge in [0.15, 0.2) is 0 Å². The van der Waals surface area contributed by atoms with Crippen LogP contribution in [0.25, 0.3) is 0 Å². The predicted molar refractivity (Wildman–Crippen MR) is 143 cm³/mol. The van der Waals surface area contributed by atoms with Crippen molar-refractivity contribution in [3.05, 3.63) is 52.8 Å². The molecule has 0 bridgehead atoms. The Morgan fingerprint density at radius 3 is 2.58 bits per heavy atom. The van der Waals surface area contributed by atoms with Crippen molar-refractivity contribution in [2.45, 2.75) is 58.8 Å². The number of rotatable bonds is 11. The maximum atomic E-state index is 13.9. The first-order chi connectivity index (χ1) is 17.0. The van der Waals surface area contributed by atoms with Crippen LogP contribution in [0.1, 0.15) is 64.5 Å². The van der Waals surface area contributed by atoms with Gasteiger partial charge >= 0.3 is 5.97 Å². The lowest BCUT2D eigenvalue weighted by Crippen LogP contribution is -2.65. The Morgan fingerprint density at radius 1 is 1.25 bits per heavy atom. The first kappa shape index (κ1) is 27.9. The molecule has 3 rings (SSSR count). The molecule has 1 aliphatic rings. The molecule has 7 nitrogen and oxygen atoms in total. The van der Waals surface area contributed by atoms with Gasteiger partial charge in [-0.3, -0.25) is 9.59 Å². The van der Waals surface area contributed by atoms with Crippen LogP contribution in [0.3, 0.4) is 0 Å². The Balaban J connectivity index is 1.80. The average molecular weight is 516 g/mol. The smallest absolute Gasteiger partial charge is 0.311 e. The number of esters is 1. The Labute approximate surface area is 219 Å². The zero-order valence-electron chi connectivity index (χ0n) is 22.2. The standard InChI is InChI=1S/C28H38ClN3O4/c1-7-36-26(34)27(4,5)13-10-14-32-17-28(18-32,21-12-9-8-11-20(21)19(2)3)25(33)31-22-16-30-24(29)15-23(22)35-6/h8-9,11-12,15-16,19H,7,10,13-14,17-18H2,1-6H3,(H,31,33). The molecule has 8 heteroatoms.